The first-order valence-corrected chi connectivity index (χ1v) is 11.1. The van der Waals surface area contributed by atoms with E-state index in [1.54, 1.807) is 20.3 Å². The summed E-state index contributed by atoms with van der Waals surface area (Å²) in [6, 6.07) is 15.1. The molecule has 5 rings (SSSR count). The van der Waals surface area contributed by atoms with Gasteiger partial charge in [-0.15, -0.1) is 0 Å². The number of hydrogen-bond donors (Lipinski definition) is 1. The van der Waals surface area contributed by atoms with E-state index in [0.717, 1.165) is 5.69 Å². The Morgan fingerprint density at radius 3 is 2.65 bits per heavy atom. The summed E-state index contributed by atoms with van der Waals surface area (Å²) in [6.45, 7) is 2.53. The first kappa shape index (κ1) is 21.6. The van der Waals surface area contributed by atoms with Crippen LogP contribution in [0.25, 0.3) is 16.6 Å². The van der Waals surface area contributed by atoms with E-state index in [1.807, 2.05) is 61.7 Å². The lowest BCUT2D eigenvalue weighted by Gasteiger charge is -2.38. The zero-order chi connectivity index (χ0) is 23.7. The zero-order valence-corrected chi connectivity index (χ0v) is 18.7. The molecule has 1 saturated heterocycles. The van der Waals surface area contributed by atoms with E-state index in [1.165, 1.54) is 0 Å². The highest BCUT2D eigenvalue weighted by atomic mass is 16.3. The SMILES string of the molecule is CCc1nc2cccc(C#Cc3cnn(C4CN(C(=O)CO)C4)c3)c2c(=O)n1-c1ccccc1. The summed E-state index contributed by atoms with van der Waals surface area (Å²) in [5.41, 5.74) is 2.58. The fourth-order valence-electron chi connectivity index (χ4n) is 4.13. The molecule has 1 amide bonds. The molecular formula is C26H23N5O3. The lowest BCUT2D eigenvalue weighted by atomic mass is 10.1. The van der Waals surface area contributed by atoms with Gasteiger partial charge in [-0.05, 0) is 24.3 Å². The van der Waals surface area contributed by atoms with Crippen LogP contribution in [0.1, 0.15) is 29.9 Å². The van der Waals surface area contributed by atoms with Gasteiger partial charge in [-0.3, -0.25) is 18.8 Å². The molecule has 4 aromatic rings. The van der Waals surface area contributed by atoms with Crippen molar-refractivity contribution in [3.05, 3.63) is 88.2 Å². The number of nitrogens with zero attached hydrogens (tertiary/aromatic N) is 5. The second-order valence-electron chi connectivity index (χ2n) is 8.13. The van der Waals surface area contributed by atoms with Crippen molar-refractivity contribution in [2.45, 2.75) is 19.4 Å². The van der Waals surface area contributed by atoms with Gasteiger partial charge in [0.25, 0.3) is 5.56 Å². The minimum absolute atomic E-state index is 0.0679. The number of aromatic nitrogens is 4. The van der Waals surface area contributed by atoms with Crippen LogP contribution < -0.4 is 5.56 Å². The van der Waals surface area contributed by atoms with E-state index in [9.17, 15) is 9.59 Å². The molecule has 2 aromatic carbocycles. The second kappa shape index (κ2) is 8.96. The minimum atomic E-state index is -0.478. The van der Waals surface area contributed by atoms with E-state index >= 15 is 0 Å². The van der Waals surface area contributed by atoms with E-state index in [4.69, 9.17) is 10.1 Å². The summed E-state index contributed by atoms with van der Waals surface area (Å²) in [4.78, 5) is 31.4. The molecule has 0 atom stereocenters. The molecule has 0 spiro atoms. The van der Waals surface area contributed by atoms with Gasteiger partial charge in [0.1, 0.15) is 12.4 Å². The molecule has 1 fully saturated rings. The third-order valence-corrected chi connectivity index (χ3v) is 5.97. The Morgan fingerprint density at radius 1 is 1.12 bits per heavy atom. The van der Waals surface area contributed by atoms with Crippen LogP contribution in [0.4, 0.5) is 0 Å². The van der Waals surface area contributed by atoms with Crippen LogP contribution in [0.2, 0.25) is 0 Å². The minimum Gasteiger partial charge on any atom is -0.387 e. The topological polar surface area (TPSA) is 93.2 Å². The monoisotopic (exact) mass is 453 g/mol. The second-order valence-corrected chi connectivity index (χ2v) is 8.13. The van der Waals surface area contributed by atoms with Crippen LogP contribution in [-0.2, 0) is 11.2 Å². The highest BCUT2D eigenvalue weighted by Gasteiger charge is 2.31. The molecule has 8 heteroatoms. The quantitative estimate of drug-likeness (QED) is 0.477. The molecule has 0 saturated carbocycles. The molecule has 1 N–H and O–H groups in total. The van der Waals surface area contributed by atoms with E-state index < -0.39 is 6.61 Å². The Balaban J connectivity index is 1.49. The average Bonchev–Trinajstić information content (AvgIpc) is 3.30. The number of amides is 1. The van der Waals surface area contributed by atoms with Gasteiger partial charge >= 0.3 is 0 Å². The average molecular weight is 454 g/mol. The molecule has 0 aliphatic carbocycles. The van der Waals surface area contributed by atoms with Crippen molar-refractivity contribution in [2.75, 3.05) is 19.7 Å². The summed E-state index contributed by atoms with van der Waals surface area (Å²) in [6.07, 6.45) is 4.13. The standard InChI is InChI=1S/C26H23N5O3/c1-2-23-28-22-10-6-7-19(25(22)26(34)31(23)20-8-4-3-5-9-20)12-11-18-13-27-30(14-18)21-15-29(16-21)24(33)17-32/h3-10,13-14,21,32H,2,15-17H2,1H3. The fourth-order valence-corrected chi connectivity index (χ4v) is 4.13. The van der Waals surface area contributed by atoms with Crippen molar-refractivity contribution in [3.63, 3.8) is 0 Å². The number of likely N-dealkylation sites (tertiary alicyclic amines) is 1. The number of hydrogen-bond acceptors (Lipinski definition) is 5. The Kier molecular flexibility index (Phi) is 5.70. The number of benzene rings is 2. The number of carbonyl (C=O) groups is 1. The first-order chi connectivity index (χ1) is 16.6. The molecule has 0 bridgehead atoms. The predicted octanol–water partition coefficient (Wildman–Crippen LogP) is 1.92. The molecule has 170 valence electrons. The van der Waals surface area contributed by atoms with Crippen molar-refractivity contribution in [1.29, 1.82) is 0 Å². The van der Waals surface area contributed by atoms with Gasteiger partial charge in [0.2, 0.25) is 5.91 Å². The Labute approximate surface area is 196 Å². The third-order valence-electron chi connectivity index (χ3n) is 5.97. The molecule has 8 nitrogen and oxygen atoms in total. The Bertz CT molecular complexity index is 1490. The zero-order valence-electron chi connectivity index (χ0n) is 18.7. The Hall–Kier alpha value is -4.22. The maximum atomic E-state index is 13.6. The van der Waals surface area contributed by atoms with Gasteiger partial charge in [0.05, 0.1) is 34.4 Å². The normalized spacial score (nSPS) is 13.4. The van der Waals surface area contributed by atoms with Crippen molar-refractivity contribution < 1.29 is 9.90 Å². The highest BCUT2D eigenvalue weighted by Crippen LogP contribution is 2.21. The van der Waals surface area contributed by atoms with Crippen molar-refractivity contribution in [3.8, 4) is 17.5 Å². The van der Waals surface area contributed by atoms with Gasteiger partial charge in [-0.25, -0.2) is 4.98 Å². The van der Waals surface area contributed by atoms with Crippen LogP contribution in [0.15, 0.2) is 65.7 Å². The molecule has 2 aromatic heterocycles. The number of aliphatic hydroxyl groups is 1. The van der Waals surface area contributed by atoms with Gasteiger partial charge in [-0.1, -0.05) is 43.0 Å². The van der Waals surface area contributed by atoms with Gasteiger partial charge in [0, 0.05) is 31.3 Å². The third kappa shape index (κ3) is 3.87. The number of rotatable bonds is 4. The molecular weight excluding hydrogens is 430 g/mol. The predicted molar refractivity (Wildman–Crippen MR) is 128 cm³/mol. The Morgan fingerprint density at radius 2 is 1.91 bits per heavy atom. The molecule has 0 unspecified atom stereocenters. The summed E-state index contributed by atoms with van der Waals surface area (Å²) >= 11 is 0. The van der Waals surface area contributed by atoms with Gasteiger partial charge < -0.3 is 10.0 Å². The van der Waals surface area contributed by atoms with Crippen LogP contribution in [0.3, 0.4) is 0 Å². The summed E-state index contributed by atoms with van der Waals surface area (Å²) in [5.74, 6) is 6.66. The molecule has 1 aliphatic rings. The number of para-hydroxylation sites is 1. The lowest BCUT2D eigenvalue weighted by Crippen LogP contribution is -2.51. The number of fused-ring (bicyclic) bond motifs is 1. The maximum Gasteiger partial charge on any atom is 0.267 e. The molecule has 1 aliphatic heterocycles. The molecule has 0 radical (unpaired) electrons. The van der Waals surface area contributed by atoms with Crippen molar-refractivity contribution >= 4 is 16.8 Å². The van der Waals surface area contributed by atoms with Crippen LogP contribution in [0, 0.1) is 11.8 Å². The number of aliphatic hydroxyl groups excluding tert-OH is 1. The van der Waals surface area contributed by atoms with Crippen molar-refractivity contribution in [2.24, 2.45) is 0 Å². The summed E-state index contributed by atoms with van der Waals surface area (Å²) in [5, 5.41) is 13.8. The maximum absolute atomic E-state index is 13.6. The van der Waals surface area contributed by atoms with E-state index in [0.29, 0.717) is 47.4 Å². The summed E-state index contributed by atoms with van der Waals surface area (Å²) in [7, 11) is 0. The highest BCUT2D eigenvalue weighted by molar-refractivity contribution is 5.85. The van der Waals surface area contributed by atoms with Crippen LogP contribution >= 0.6 is 0 Å². The largest absolute Gasteiger partial charge is 0.387 e. The van der Waals surface area contributed by atoms with Crippen molar-refractivity contribution in [1.82, 2.24) is 24.2 Å². The lowest BCUT2D eigenvalue weighted by molar-refractivity contribution is -0.140. The molecule has 34 heavy (non-hydrogen) atoms. The van der Waals surface area contributed by atoms with Crippen LogP contribution in [-0.4, -0.2) is 54.9 Å². The number of aryl methyl sites for hydroxylation is 1. The van der Waals surface area contributed by atoms with Gasteiger partial charge in [-0.2, -0.15) is 5.10 Å². The van der Waals surface area contributed by atoms with E-state index in [2.05, 4.69) is 16.9 Å². The first-order valence-electron chi connectivity index (χ1n) is 11.1. The van der Waals surface area contributed by atoms with Gasteiger partial charge in [0.15, 0.2) is 0 Å². The smallest absolute Gasteiger partial charge is 0.267 e. The number of carbonyl (C=O) groups excluding carboxylic acids is 1. The van der Waals surface area contributed by atoms with E-state index in [-0.39, 0.29) is 17.5 Å². The summed E-state index contributed by atoms with van der Waals surface area (Å²) < 4.78 is 3.44. The van der Waals surface area contributed by atoms with Crippen LogP contribution in [0.5, 0.6) is 0 Å². The fraction of sp³-hybridized carbons (Fsp3) is 0.231. The molecule has 3 heterocycles.